The second-order valence-corrected chi connectivity index (χ2v) is 6.11. The summed E-state index contributed by atoms with van der Waals surface area (Å²) in [6.07, 6.45) is 3.79. The molecule has 1 atom stereocenters. The molecule has 1 amide bonds. The highest BCUT2D eigenvalue weighted by Gasteiger charge is 2.33. The van der Waals surface area contributed by atoms with Gasteiger partial charge in [-0.2, -0.15) is 5.26 Å². The summed E-state index contributed by atoms with van der Waals surface area (Å²) in [7, 11) is 0. The van der Waals surface area contributed by atoms with Crippen molar-refractivity contribution in [2.24, 2.45) is 5.41 Å². The van der Waals surface area contributed by atoms with Crippen LogP contribution in [-0.4, -0.2) is 30.2 Å². The van der Waals surface area contributed by atoms with Crippen molar-refractivity contribution in [2.45, 2.75) is 24.7 Å². The largest absolute Gasteiger partial charge is 0.337 e. The van der Waals surface area contributed by atoms with E-state index in [0.717, 1.165) is 24.3 Å². The minimum atomic E-state index is -0.396. The molecule has 4 heteroatoms. The third-order valence-corrected chi connectivity index (χ3v) is 4.33. The number of thioether (sulfide) groups is 1. The molecule has 0 N–H and O–H groups in total. The van der Waals surface area contributed by atoms with E-state index in [2.05, 4.69) is 6.07 Å². The third kappa shape index (κ3) is 3.10. The Morgan fingerprint density at radius 3 is 2.68 bits per heavy atom. The second kappa shape index (κ2) is 5.66. The molecule has 0 bridgehead atoms. The number of amides is 1. The molecular formula is C15H18N2OS. The van der Waals surface area contributed by atoms with Crippen molar-refractivity contribution in [3.05, 3.63) is 29.8 Å². The maximum Gasteiger partial charge on any atom is 0.253 e. The molecule has 1 aliphatic heterocycles. The number of likely N-dealkylation sites (tertiary alicyclic amines) is 1. The van der Waals surface area contributed by atoms with E-state index in [1.54, 1.807) is 16.7 Å². The van der Waals surface area contributed by atoms with Gasteiger partial charge in [-0.15, -0.1) is 11.8 Å². The van der Waals surface area contributed by atoms with Gasteiger partial charge in [-0.25, -0.2) is 0 Å². The monoisotopic (exact) mass is 274 g/mol. The van der Waals surface area contributed by atoms with E-state index < -0.39 is 5.41 Å². The molecule has 1 aromatic carbocycles. The fourth-order valence-corrected chi connectivity index (χ4v) is 2.83. The maximum atomic E-state index is 12.4. The highest BCUT2D eigenvalue weighted by molar-refractivity contribution is 7.98. The molecule has 1 aromatic rings. The van der Waals surface area contributed by atoms with Crippen molar-refractivity contribution in [2.75, 3.05) is 19.3 Å². The van der Waals surface area contributed by atoms with Crippen LogP contribution in [0.1, 0.15) is 30.1 Å². The summed E-state index contributed by atoms with van der Waals surface area (Å²) in [6, 6.07) is 10.00. The highest BCUT2D eigenvalue weighted by atomic mass is 32.2. The summed E-state index contributed by atoms with van der Waals surface area (Å²) >= 11 is 1.66. The van der Waals surface area contributed by atoms with E-state index in [9.17, 15) is 10.1 Å². The third-order valence-electron chi connectivity index (χ3n) is 3.59. The fraction of sp³-hybridized carbons (Fsp3) is 0.467. The van der Waals surface area contributed by atoms with Crippen molar-refractivity contribution in [1.82, 2.24) is 4.90 Å². The predicted molar refractivity (Wildman–Crippen MR) is 77.1 cm³/mol. The van der Waals surface area contributed by atoms with Crippen molar-refractivity contribution < 1.29 is 4.79 Å². The number of piperidine rings is 1. The molecule has 0 radical (unpaired) electrons. The molecule has 0 aromatic heterocycles. The van der Waals surface area contributed by atoms with Gasteiger partial charge in [-0.05, 0) is 50.3 Å². The lowest BCUT2D eigenvalue weighted by Gasteiger charge is -2.36. The molecule has 1 aliphatic rings. The molecule has 0 aliphatic carbocycles. The van der Waals surface area contributed by atoms with E-state index in [-0.39, 0.29) is 5.91 Å². The zero-order valence-electron chi connectivity index (χ0n) is 11.3. The lowest BCUT2D eigenvalue weighted by molar-refractivity contribution is 0.0630. The Morgan fingerprint density at radius 2 is 2.11 bits per heavy atom. The van der Waals surface area contributed by atoms with E-state index in [4.69, 9.17) is 0 Å². The number of carbonyl (C=O) groups excluding carboxylic acids is 1. The van der Waals surface area contributed by atoms with E-state index in [0.29, 0.717) is 12.1 Å². The number of rotatable bonds is 2. The van der Waals surface area contributed by atoms with Crippen LogP contribution in [0.5, 0.6) is 0 Å². The Bertz CT molecular complexity index is 506. The van der Waals surface area contributed by atoms with Crippen molar-refractivity contribution in [3.63, 3.8) is 0 Å². The highest BCUT2D eigenvalue weighted by Crippen LogP contribution is 2.29. The molecule has 2 rings (SSSR count). The van der Waals surface area contributed by atoms with Crippen LogP contribution in [0.3, 0.4) is 0 Å². The van der Waals surface area contributed by atoms with Gasteiger partial charge in [0.2, 0.25) is 0 Å². The number of carbonyl (C=O) groups is 1. The van der Waals surface area contributed by atoms with Gasteiger partial charge < -0.3 is 4.90 Å². The quantitative estimate of drug-likeness (QED) is 0.778. The van der Waals surface area contributed by atoms with E-state index >= 15 is 0 Å². The SMILES string of the molecule is CSc1ccc(C(=O)N2CCC[C@](C)(C#N)C2)cc1. The topological polar surface area (TPSA) is 44.1 Å². The number of benzene rings is 1. The molecular weight excluding hydrogens is 256 g/mol. The minimum Gasteiger partial charge on any atom is -0.337 e. The Balaban J connectivity index is 2.13. The molecule has 0 spiro atoms. The van der Waals surface area contributed by atoms with Crippen LogP contribution in [-0.2, 0) is 0 Å². The van der Waals surface area contributed by atoms with Gasteiger partial charge in [0.25, 0.3) is 5.91 Å². The van der Waals surface area contributed by atoms with E-state index in [1.165, 1.54) is 0 Å². The van der Waals surface area contributed by atoms with Gasteiger partial charge in [0, 0.05) is 23.5 Å². The summed E-state index contributed by atoms with van der Waals surface area (Å²) in [6.45, 7) is 3.22. The van der Waals surface area contributed by atoms with Crippen LogP contribution < -0.4 is 0 Å². The van der Waals surface area contributed by atoms with Crippen molar-refractivity contribution in [1.29, 1.82) is 5.26 Å². The van der Waals surface area contributed by atoms with Gasteiger partial charge >= 0.3 is 0 Å². The predicted octanol–water partition coefficient (Wildman–Crippen LogP) is 3.17. The van der Waals surface area contributed by atoms with Crippen LogP contribution >= 0.6 is 11.8 Å². The molecule has 1 fully saturated rings. The minimum absolute atomic E-state index is 0.0360. The number of nitriles is 1. The van der Waals surface area contributed by atoms with Gasteiger partial charge in [0.1, 0.15) is 0 Å². The first-order chi connectivity index (χ1) is 9.08. The number of hydrogen-bond donors (Lipinski definition) is 0. The summed E-state index contributed by atoms with van der Waals surface area (Å²) in [4.78, 5) is 15.4. The smallest absolute Gasteiger partial charge is 0.253 e. The van der Waals surface area contributed by atoms with Crippen LogP contribution in [0, 0.1) is 16.7 Å². The summed E-state index contributed by atoms with van der Waals surface area (Å²) < 4.78 is 0. The molecule has 1 heterocycles. The second-order valence-electron chi connectivity index (χ2n) is 5.23. The molecule has 19 heavy (non-hydrogen) atoms. The Labute approximate surface area is 118 Å². The Hall–Kier alpha value is -1.47. The van der Waals surface area contributed by atoms with Crippen LogP contribution in [0.2, 0.25) is 0 Å². The number of nitrogens with zero attached hydrogens (tertiary/aromatic N) is 2. The summed E-state index contributed by atoms with van der Waals surface area (Å²) in [5.41, 5.74) is 0.313. The normalized spacial score (nSPS) is 22.9. The molecule has 0 saturated carbocycles. The zero-order chi connectivity index (χ0) is 13.9. The Morgan fingerprint density at radius 1 is 1.42 bits per heavy atom. The van der Waals surface area contributed by atoms with Gasteiger partial charge in [-0.3, -0.25) is 4.79 Å². The number of hydrogen-bond acceptors (Lipinski definition) is 3. The average molecular weight is 274 g/mol. The van der Waals surface area contributed by atoms with Gasteiger partial charge in [-0.1, -0.05) is 0 Å². The molecule has 3 nitrogen and oxygen atoms in total. The molecule has 100 valence electrons. The molecule has 1 saturated heterocycles. The Kier molecular flexibility index (Phi) is 4.16. The summed E-state index contributed by atoms with van der Waals surface area (Å²) in [5, 5.41) is 9.20. The first kappa shape index (κ1) is 14.0. The maximum absolute atomic E-state index is 12.4. The first-order valence-electron chi connectivity index (χ1n) is 6.42. The van der Waals surface area contributed by atoms with Crippen molar-refractivity contribution >= 4 is 17.7 Å². The average Bonchev–Trinajstić information content (AvgIpc) is 2.46. The fourth-order valence-electron chi connectivity index (χ4n) is 2.42. The van der Waals surface area contributed by atoms with E-state index in [1.807, 2.05) is 37.4 Å². The van der Waals surface area contributed by atoms with Crippen LogP contribution in [0.4, 0.5) is 0 Å². The molecule has 0 unspecified atom stereocenters. The first-order valence-corrected chi connectivity index (χ1v) is 7.65. The lowest BCUT2D eigenvalue weighted by Crippen LogP contribution is -2.44. The van der Waals surface area contributed by atoms with Crippen molar-refractivity contribution in [3.8, 4) is 6.07 Å². The zero-order valence-corrected chi connectivity index (χ0v) is 12.2. The standard InChI is InChI=1S/C15H18N2OS/c1-15(10-16)8-3-9-17(11-15)14(18)12-4-6-13(19-2)7-5-12/h4-7H,3,8-9,11H2,1-2H3/t15-/m1/s1. The van der Waals surface area contributed by atoms with Gasteiger partial charge in [0.05, 0.1) is 11.5 Å². The van der Waals surface area contributed by atoms with Crippen LogP contribution in [0.15, 0.2) is 29.2 Å². The van der Waals surface area contributed by atoms with Crippen LogP contribution in [0.25, 0.3) is 0 Å². The summed E-state index contributed by atoms with van der Waals surface area (Å²) in [5.74, 6) is 0.0360. The lowest BCUT2D eigenvalue weighted by atomic mass is 9.83. The van der Waals surface area contributed by atoms with Gasteiger partial charge in [0.15, 0.2) is 0 Å².